The lowest BCUT2D eigenvalue weighted by atomic mass is 10.1. The van der Waals surface area contributed by atoms with Crippen LogP contribution in [0.5, 0.6) is 0 Å². The van der Waals surface area contributed by atoms with Crippen molar-refractivity contribution in [1.82, 2.24) is 14.5 Å². The standard InChI is InChI=1S/C22H25ClFN3O4S/c1-16(17-2-6-19(24)7-3-17)25-21(28)10-11-22(29)26-12-14-27(15-13-26)32(30,31)20-8-4-18(23)5-9-20/h2-9,16H,10-15H2,1H3,(H,25,28)/t16-/m0/s1. The summed E-state index contributed by atoms with van der Waals surface area (Å²) >= 11 is 5.82. The summed E-state index contributed by atoms with van der Waals surface area (Å²) in [5.41, 5.74) is 0.768. The van der Waals surface area contributed by atoms with E-state index in [1.54, 1.807) is 24.0 Å². The minimum absolute atomic E-state index is 0.0215. The van der Waals surface area contributed by atoms with Crippen LogP contribution in [0.4, 0.5) is 4.39 Å². The zero-order valence-electron chi connectivity index (χ0n) is 17.6. The van der Waals surface area contributed by atoms with Gasteiger partial charge in [-0.2, -0.15) is 4.31 Å². The molecule has 0 unspecified atom stereocenters. The molecule has 0 radical (unpaired) electrons. The van der Waals surface area contributed by atoms with Crippen molar-refractivity contribution in [2.45, 2.75) is 30.7 Å². The number of amides is 2. The molecule has 1 heterocycles. The van der Waals surface area contributed by atoms with Crippen molar-refractivity contribution in [1.29, 1.82) is 0 Å². The summed E-state index contributed by atoms with van der Waals surface area (Å²) in [6.07, 6.45) is 0.0551. The van der Waals surface area contributed by atoms with Crippen LogP contribution in [0, 0.1) is 5.82 Å². The van der Waals surface area contributed by atoms with Gasteiger partial charge in [-0.15, -0.1) is 0 Å². The number of carbonyl (C=O) groups is 2. The summed E-state index contributed by atoms with van der Waals surface area (Å²) in [5.74, 6) is -0.823. The second-order valence-corrected chi connectivity index (χ2v) is 9.95. The number of hydrogen-bond donors (Lipinski definition) is 1. The monoisotopic (exact) mass is 481 g/mol. The van der Waals surface area contributed by atoms with E-state index in [1.165, 1.54) is 40.7 Å². The van der Waals surface area contributed by atoms with Crippen LogP contribution in [0.25, 0.3) is 0 Å². The zero-order chi connectivity index (χ0) is 23.3. The predicted molar refractivity (Wildman–Crippen MR) is 119 cm³/mol. The zero-order valence-corrected chi connectivity index (χ0v) is 19.2. The Morgan fingerprint density at radius 3 is 2.19 bits per heavy atom. The number of halogens is 2. The van der Waals surface area contributed by atoms with Crippen LogP contribution in [-0.2, 0) is 19.6 Å². The summed E-state index contributed by atoms with van der Waals surface area (Å²) < 4.78 is 39.8. The quantitative estimate of drug-likeness (QED) is 0.658. The molecule has 1 aliphatic heterocycles. The molecular weight excluding hydrogens is 457 g/mol. The Kier molecular flexibility index (Phi) is 7.86. The van der Waals surface area contributed by atoms with Gasteiger partial charge in [-0.05, 0) is 48.9 Å². The molecule has 2 aromatic rings. The highest BCUT2D eigenvalue weighted by Crippen LogP contribution is 2.20. The third-order valence-electron chi connectivity index (χ3n) is 5.36. The van der Waals surface area contributed by atoms with E-state index in [0.29, 0.717) is 5.02 Å². The second-order valence-electron chi connectivity index (χ2n) is 7.58. The molecule has 1 fully saturated rings. The molecule has 7 nitrogen and oxygen atoms in total. The Balaban J connectivity index is 1.45. The molecule has 3 rings (SSSR count). The van der Waals surface area contributed by atoms with Crippen LogP contribution in [0.1, 0.15) is 31.4 Å². The molecule has 1 saturated heterocycles. The van der Waals surface area contributed by atoms with E-state index in [2.05, 4.69) is 5.32 Å². The largest absolute Gasteiger partial charge is 0.350 e. The fourth-order valence-corrected chi connectivity index (χ4v) is 5.01. The Hall–Kier alpha value is -2.49. The van der Waals surface area contributed by atoms with Gasteiger partial charge in [-0.3, -0.25) is 9.59 Å². The van der Waals surface area contributed by atoms with Gasteiger partial charge in [0, 0.05) is 44.0 Å². The minimum Gasteiger partial charge on any atom is -0.350 e. The summed E-state index contributed by atoms with van der Waals surface area (Å²) in [4.78, 5) is 26.4. The highest BCUT2D eigenvalue weighted by atomic mass is 35.5. The molecule has 0 spiro atoms. The molecular formula is C22H25ClFN3O4S. The molecule has 1 atom stereocenters. The van der Waals surface area contributed by atoms with Crippen molar-refractivity contribution in [2.24, 2.45) is 0 Å². The molecule has 1 aliphatic rings. The molecule has 2 aromatic carbocycles. The van der Waals surface area contributed by atoms with Gasteiger partial charge in [0.25, 0.3) is 0 Å². The van der Waals surface area contributed by atoms with Crippen LogP contribution in [0.3, 0.4) is 0 Å². The van der Waals surface area contributed by atoms with Gasteiger partial charge in [-0.1, -0.05) is 23.7 Å². The van der Waals surface area contributed by atoms with E-state index < -0.39 is 10.0 Å². The summed E-state index contributed by atoms with van der Waals surface area (Å²) in [7, 11) is -3.65. The fraction of sp³-hybridized carbons (Fsp3) is 0.364. The number of nitrogens with one attached hydrogen (secondary N) is 1. The number of piperazine rings is 1. The van der Waals surface area contributed by atoms with Gasteiger partial charge in [-0.25, -0.2) is 12.8 Å². The summed E-state index contributed by atoms with van der Waals surface area (Å²) in [6, 6.07) is 11.5. The number of sulfonamides is 1. The van der Waals surface area contributed by atoms with Gasteiger partial charge < -0.3 is 10.2 Å². The van der Waals surface area contributed by atoms with Gasteiger partial charge in [0.2, 0.25) is 21.8 Å². The van der Waals surface area contributed by atoms with E-state index in [4.69, 9.17) is 11.6 Å². The van der Waals surface area contributed by atoms with Crippen molar-refractivity contribution < 1.29 is 22.4 Å². The SMILES string of the molecule is C[C@H](NC(=O)CCC(=O)N1CCN(S(=O)(=O)c2ccc(Cl)cc2)CC1)c1ccc(F)cc1. The predicted octanol–water partition coefficient (Wildman–Crippen LogP) is 2.97. The average molecular weight is 482 g/mol. The van der Waals surface area contributed by atoms with E-state index in [0.717, 1.165) is 5.56 Å². The maximum Gasteiger partial charge on any atom is 0.243 e. The highest BCUT2D eigenvalue weighted by molar-refractivity contribution is 7.89. The van der Waals surface area contributed by atoms with Crippen molar-refractivity contribution >= 4 is 33.4 Å². The smallest absolute Gasteiger partial charge is 0.243 e. The van der Waals surface area contributed by atoms with E-state index in [-0.39, 0.29) is 67.6 Å². The number of rotatable bonds is 7. The Morgan fingerprint density at radius 1 is 1.00 bits per heavy atom. The normalized spacial score (nSPS) is 15.9. The van der Waals surface area contributed by atoms with Gasteiger partial charge in [0.1, 0.15) is 5.82 Å². The summed E-state index contributed by atoms with van der Waals surface area (Å²) in [5, 5.41) is 3.25. The Bertz CT molecular complexity index is 1050. The first kappa shape index (κ1) is 24.2. The molecule has 0 aliphatic carbocycles. The molecule has 0 saturated carbocycles. The third kappa shape index (κ3) is 6.05. The van der Waals surface area contributed by atoms with E-state index in [1.807, 2.05) is 0 Å². The van der Waals surface area contributed by atoms with Crippen LogP contribution < -0.4 is 5.32 Å². The average Bonchev–Trinajstić information content (AvgIpc) is 2.78. The number of benzene rings is 2. The topological polar surface area (TPSA) is 86.8 Å². The minimum atomic E-state index is -3.65. The van der Waals surface area contributed by atoms with Crippen molar-refractivity contribution in [3.05, 3.63) is 64.9 Å². The van der Waals surface area contributed by atoms with Crippen LogP contribution in [0.2, 0.25) is 5.02 Å². The molecule has 10 heteroatoms. The molecule has 172 valence electrons. The van der Waals surface area contributed by atoms with Crippen LogP contribution in [0.15, 0.2) is 53.4 Å². The first-order chi connectivity index (χ1) is 15.2. The molecule has 0 bridgehead atoms. The van der Waals surface area contributed by atoms with Gasteiger partial charge in [0.05, 0.1) is 10.9 Å². The van der Waals surface area contributed by atoms with Crippen LogP contribution >= 0.6 is 11.6 Å². The van der Waals surface area contributed by atoms with Crippen molar-refractivity contribution in [3.8, 4) is 0 Å². The number of hydrogen-bond acceptors (Lipinski definition) is 4. The highest BCUT2D eigenvalue weighted by Gasteiger charge is 2.30. The first-order valence-corrected chi connectivity index (χ1v) is 12.1. The van der Waals surface area contributed by atoms with Gasteiger partial charge in [0.15, 0.2) is 0 Å². The Morgan fingerprint density at radius 2 is 1.59 bits per heavy atom. The Labute approximate surface area is 192 Å². The molecule has 32 heavy (non-hydrogen) atoms. The molecule has 2 amide bonds. The molecule has 0 aromatic heterocycles. The lowest BCUT2D eigenvalue weighted by molar-refractivity contribution is -0.134. The van der Waals surface area contributed by atoms with E-state index >= 15 is 0 Å². The van der Waals surface area contributed by atoms with E-state index in [9.17, 15) is 22.4 Å². The van der Waals surface area contributed by atoms with Crippen molar-refractivity contribution in [2.75, 3.05) is 26.2 Å². The molecule has 1 N–H and O–H groups in total. The van der Waals surface area contributed by atoms with Gasteiger partial charge >= 0.3 is 0 Å². The maximum absolute atomic E-state index is 13.0. The number of carbonyl (C=O) groups excluding carboxylic acids is 2. The maximum atomic E-state index is 13.0. The lowest BCUT2D eigenvalue weighted by Gasteiger charge is -2.34. The van der Waals surface area contributed by atoms with Crippen LogP contribution in [-0.4, -0.2) is 55.6 Å². The first-order valence-electron chi connectivity index (χ1n) is 10.2. The lowest BCUT2D eigenvalue weighted by Crippen LogP contribution is -2.50. The third-order valence-corrected chi connectivity index (χ3v) is 7.52. The fourth-order valence-electron chi connectivity index (χ4n) is 3.46. The second kappa shape index (κ2) is 10.4. The number of nitrogens with zero attached hydrogens (tertiary/aromatic N) is 2. The van der Waals surface area contributed by atoms with Crippen molar-refractivity contribution in [3.63, 3.8) is 0 Å². The summed E-state index contributed by atoms with van der Waals surface area (Å²) in [6.45, 7) is 2.68.